The van der Waals surface area contributed by atoms with E-state index in [0.717, 1.165) is 4.67 Å². The van der Waals surface area contributed by atoms with Gasteiger partial charge >= 0.3 is 0 Å². The van der Waals surface area contributed by atoms with Crippen LogP contribution in [0.2, 0.25) is 0 Å². The smallest absolute Gasteiger partial charge is 0.162 e. The molecule has 0 radical (unpaired) electrons. The van der Waals surface area contributed by atoms with E-state index in [-0.39, 0.29) is 0 Å². The summed E-state index contributed by atoms with van der Waals surface area (Å²) in [6, 6.07) is 0. The van der Waals surface area contributed by atoms with Crippen LogP contribution in [0.15, 0.2) is 22.9 Å². The molecule has 1 rings (SSSR count). The van der Waals surface area contributed by atoms with E-state index in [1.807, 2.05) is 18.2 Å². The van der Waals surface area contributed by atoms with Crippen LogP contribution in [-0.4, -0.2) is 6.61 Å². The summed E-state index contributed by atoms with van der Waals surface area (Å²) < 4.78 is 5.78. The lowest BCUT2D eigenvalue weighted by atomic mass is 10.5. The van der Waals surface area contributed by atoms with Crippen molar-refractivity contribution in [1.29, 1.82) is 0 Å². The van der Waals surface area contributed by atoms with Crippen molar-refractivity contribution in [3.8, 4) is 0 Å². The molecule has 0 amide bonds. The van der Waals surface area contributed by atoms with Gasteiger partial charge in [0, 0.05) is 0 Å². The van der Waals surface area contributed by atoms with Crippen molar-refractivity contribution in [2.24, 2.45) is 0 Å². The van der Waals surface area contributed by atoms with Crippen LogP contribution in [0.4, 0.5) is 0 Å². The highest BCUT2D eigenvalue weighted by Crippen LogP contribution is 2.09. The first-order valence-corrected chi connectivity index (χ1v) is 2.84. The molecule has 1 heterocycles. The second kappa shape index (κ2) is 2.17. The molecule has 0 atom stereocenters. The van der Waals surface area contributed by atoms with Crippen LogP contribution in [0.3, 0.4) is 0 Å². The summed E-state index contributed by atoms with van der Waals surface area (Å²) in [7, 11) is 0. The summed E-state index contributed by atoms with van der Waals surface area (Å²) >= 11 is 3.18. The third kappa shape index (κ3) is 1.35. The Hall–Kier alpha value is -0.240. The maximum absolute atomic E-state index is 4.97. The van der Waals surface area contributed by atoms with Crippen LogP contribution < -0.4 is 0 Å². The first-order valence-electron chi connectivity index (χ1n) is 2.05. The lowest BCUT2D eigenvalue weighted by molar-refractivity contribution is 0.276. The van der Waals surface area contributed by atoms with Crippen molar-refractivity contribution in [3.63, 3.8) is 0 Å². The minimum absolute atomic E-state index is 0.692. The van der Waals surface area contributed by atoms with Crippen molar-refractivity contribution in [2.75, 3.05) is 6.61 Å². The van der Waals surface area contributed by atoms with E-state index in [9.17, 15) is 0 Å². The molecule has 2 heteroatoms. The lowest BCUT2D eigenvalue weighted by Crippen LogP contribution is -1.88. The van der Waals surface area contributed by atoms with Crippen LogP contribution in [0, 0.1) is 0 Å². The Kier molecular flexibility index (Phi) is 1.52. The summed E-state index contributed by atoms with van der Waals surface area (Å²) in [6.07, 6.45) is 5.77. The molecule has 1 aliphatic heterocycles. The third-order valence-electron chi connectivity index (χ3n) is 0.681. The first kappa shape index (κ1) is 4.91. The minimum atomic E-state index is 0.692. The van der Waals surface area contributed by atoms with Gasteiger partial charge in [0.2, 0.25) is 0 Å². The van der Waals surface area contributed by atoms with E-state index in [2.05, 4.69) is 15.9 Å². The predicted octanol–water partition coefficient (Wildman–Crippen LogP) is 1.81. The molecule has 7 heavy (non-hydrogen) atoms. The SMILES string of the molecule is BrC1=CC=CCO1. The number of hydrogen-bond donors (Lipinski definition) is 0. The standard InChI is InChI=1S/C5H5BrO/c6-5-3-1-2-4-7-5/h1-3H,4H2. The lowest BCUT2D eigenvalue weighted by Gasteiger charge is -2.01. The molecule has 0 fully saturated rings. The maximum atomic E-state index is 4.97. The highest BCUT2D eigenvalue weighted by Gasteiger charge is 1.89. The van der Waals surface area contributed by atoms with Crippen molar-refractivity contribution in [2.45, 2.75) is 0 Å². The highest BCUT2D eigenvalue weighted by atomic mass is 79.9. The summed E-state index contributed by atoms with van der Waals surface area (Å²) in [5.41, 5.74) is 0. The van der Waals surface area contributed by atoms with Crippen LogP contribution >= 0.6 is 15.9 Å². The molecule has 0 bridgehead atoms. The van der Waals surface area contributed by atoms with E-state index in [1.165, 1.54) is 0 Å². The minimum Gasteiger partial charge on any atom is -0.483 e. The van der Waals surface area contributed by atoms with Gasteiger partial charge in [0.05, 0.1) is 0 Å². The fourth-order valence-electron chi connectivity index (χ4n) is 0.375. The molecule has 1 nitrogen and oxygen atoms in total. The van der Waals surface area contributed by atoms with E-state index >= 15 is 0 Å². The molecule has 0 spiro atoms. The molecule has 0 aromatic rings. The molecular formula is C5H5BrO. The molecule has 0 unspecified atom stereocenters. The van der Waals surface area contributed by atoms with Gasteiger partial charge in [-0.25, -0.2) is 0 Å². The van der Waals surface area contributed by atoms with Gasteiger partial charge in [-0.2, -0.15) is 0 Å². The normalized spacial score (nSPS) is 18.1. The number of hydrogen-bond acceptors (Lipinski definition) is 1. The average molecular weight is 161 g/mol. The number of ether oxygens (including phenoxy) is 1. The van der Waals surface area contributed by atoms with Gasteiger partial charge in [0.1, 0.15) is 6.61 Å². The summed E-state index contributed by atoms with van der Waals surface area (Å²) in [4.78, 5) is 0. The summed E-state index contributed by atoms with van der Waals surface area (Å²) in [6.45, 7) is 0.692. The van der Waals surface area contributed by atoms with Crippen molar-refractivity contribution < 1.29 is 4.74 Å². The van der Waals surface area contributed by atoms with E-state index in [0.29, 0.717) is 6.61 Å². The Morgan fingerprint density at radius 2 is 2.57 bits per heavy atom. The van der Waals surface area contributed by atoms with E-state index in [1.54, 1.807) is 0 Å². The molecule has 1 aliphatic rings. The number of allylic oxidation sites excluding steroid dienone is 2. The molecule has 38 valence electrons. The number of halogens is 1. The van der Waals surface area contributed by atoms with Crippen LogP contribution in [0.25, 0.3) is 0 Å². The summed E-state index contributed by atoms with van der Waals surface area (Å²) in [5, 5.41) is 0. The Labute approximate surface area is 50.8 Å². The average Bonchev–Trinajstić information content (AvgIpc) is 1.69. The van der Waals surface area contributed by atoms with Gasteiger partial charge in [-0.05, 0) is 28.1 Å². The largest absolute Gasteiger partial charge is 0.483 e. The van der Waals surface area contributed by atoms with Crippen molar-refractivity contribution in [3.05, 3.63) is 22.9 Å². The Morgan fingerprint density at radius 3 is 2.86 bits per heavy atom. The van der Waals surface area contributed by atoms with Crippen LogP contribution in [0.5, 0.6) is 0 Å². The quantitative estimate of drug-likeness (QED) is 0.526. The summed E-state index contributed by atoms with van der Waals surface area (Å²) in [5.74, 6) is 0. The fraction of sp³-hybridized carbons (Fsp3) is 0.200. The molecule has 0 aromatic carbocycles. The van der Waals surface area contributed by atoms with Crippen molar-refractivity contribution >= 4 is 15.9 Å². The first-order chi connectivity index (χ1) is 3.39. The van der Waals surface area contributed by atoms with Gasteiger partial charge in [0.25, 0.3) is 0 Å². The molecule has 0 saturated carbocycles. The predicted molar refractivity (Wildman–Crippen MR) is 32.1 cm³/mol. The molecular weight excluding hydrogens is 156 g/mol. The zero-order chi connectivity index (χ0) is 5.11. The van der Waals surface area contributed by atoms with Gasteiger partial charge in [0.15, 0.2) is 4.67 Å². The van der Waals surface area contributed by atoms with E-state index < -0.39 is 0 Å². The zero-order valence-electron chi connectivity index (χ0n) is 3.73. The van der Waals surface area contributed by atoms with Crippen molar-refractivity contribution in [1.82, 2.24) is 0 Å². The van der Waals surface area contributed by atoms with Crippen LogP contribution in [0.1, 0.15) is 0 Å². The van der Waals surface area contributed by atoms with E-state index in [4.69, 9.17) is 4.74 Å². The Balaban J connectivity index is 2.57. The van der Waals surface area contributed by atoms with Gasteiger partial charge in [-0.3, -0.25) is 0 Å². The Morgan fingerprint density at radius 1 is 1.71 bits per heavy atom. The highest BCUT2D eigenvalue weighted by molar-refractivity contribution is 9.11. The second-order valence-electron chi connectivity index (χ2n) is 1.21. The third-order valence-corrected chi connectivity index (χ3v) is 1.17. The molecule has 0 aliphatic carbocycles. The topological polar surface area (TPSA) is 9.23 Å². The molecule has 0 aromatic heterocycles. The fourth-order valence-corrected chi connectivity index (χ4v) is 0.660. The monoisotopic (exact) mass is 160 g/mol. The molecule has 0 saturated heterocycles. The van der Waals surface area contributed by atoms with Gasteiger partial charge in [-0.15, -0.1) is 0 Å². The van der Waals surface area contributed by atoms with Gasteiger partial charge in [-0.1, -0.05) is 6.08 Å². The Bertz CT molecular complexity index is 115. The number of rotatable bonds is 0. The second-order valence-corrected chi connectivity index (χ2v) is 1.99. The maximum Gasteiger partial charge on any atom is 0.162 e. The van der Waals surface area contributed by atoms with Crippen LogP contribution in [-0.2, 0) is 4.74 Å². The molecule has 0 N–H and O–H groups in total. The zero-order valence-corrected chi connectivity index (χ0v) is 5.31. The van der Waals surface area contributed by atoms with Gasteiger partial charge < -0.3 is 4.74 Å².